The molecule has 0 spiro atoms. The minimum absolute atomic E-state index is 0.880. The van der Waals surface area contributed by atoms with Gasteiger partial charge in [-0.15, -0.1) is 0 Å². The van der Waals surface area contributed by atoms with Crippen LogP contribution < -0.4 is 20.9 Å². The van der Waals surface area contributed by atoms with Crippen molar-refractivity contribution in [3.8, 4) is 39.3 Å². The molecule has 0 fully saturated rings. The fraction of sp³-hybridized carbons (Fsp3) is 0. The number of para-hydroxylation sites is 3. The highest BCUT2D eigenvalue weighted by molar-refractivity contribution is 6.03. The lowest BCUT2D eigenvalue weighted by Gasteiger charge is -2.13. The Hall–Kier alpha value is -6.51. The molecule has 0 bridgehead atoms. The van der Waals surface area contributed by atoms with Gasteiger partial charge >= 0.3 is 0 Å². The van der Waals surface area contributed by atoms with Gasteiger partial charge in [0, 0.05) is 11.3 Å². The summed E-state index contributed by atoms with van der Waals surface area (Å²) in [4.78, 5) is 5.15. The molecular weight excluding hydrogens is 593 g/mol. The summed E-state index contributed by atoms with van der Waals surface area (Å²) in [5.74, 6) is 0.880. The molecule has 0 unspecified atom stereocenters. The van der Waals surface area contributed by atoms with Gasteiger partial charge in [0.05, 0.1) is 11.0 Å². The Labute approximate surface area is 286 Å². The van der Waals surface area contributed by atoms with Crippen LogP contribution in [0.1, 0.15) is 0 Å². The molecule has 1 heterocycles. The normalized spacial score (nSPS) is 10.8. The van der Waals surface area contributed by atoms with Crippen LogP contribution in [0.2, 0.25) is 0 Å². The summed E-state index contributed by atoms with van der Waals surface area (Å²) in [7, 11) is 0. The predicted octanol–water partition coefficient (Wildman–Crippen LogP) is 9.07. The minimum atomic E-state index is 0.880. The summed E-state index contributed by atoms with van der Waals surface area (Å²) in [6.45, 7) is 17.8. The number of benzene rings is 4. The zero-order chi connectivity index (χ0) is 33.7. The topological polar surface area (TPSA) is 17.8 Å². The molecule has 7 aromatic rings. The van der Waals surface area contributed by atoms with Crippen molar-refractivity contribution < 1.29 is 0 Å². The van der Waals surface area contributed by atoms with Crippen LogP contribution in [-0.4, -0.2) is 9.55 Å². The molecule has 49 heavy (non-hydrogen) atoms. The Morgan fingerprint density at radius 3 is 1.76 bits per heavy atom. The second-order valence-electron chi connectivity index (χ2n) is 12.0. The van der Waals surface area contributed by atoms with E-state index < -0.39 is 0 Å². The van der Waals surface area contributed by atoms with Gasteiger partial charge < -0.3 is 0 Å². The van der Waals surface area contributed by atoms with E-state index in [-0.39, 0.29) is 0 Å². The summed E-state index contributed by atoms with van der Waals surface area (Å²) in [6, 6.07) is 58.1. The maximum absolute atomic E-state index is 5.15. The number of hydrogen-bond acceptors (Lipinski definition) is 1. The van der Waals surface area contributed by atoms with Crippen molar-refractivity contribution in [3.05, 3.63) is 191 Å². The summed E-state index contributed by atoms with van der Waals surface area (Å²) in [5, 5.41) is 5.69. The molecule has 0 amide bonds. The maximum atomic E-state index is 5.15. The first-order valence-corrected chi connectivity index (χ1v) is 16.3. The number of nitrogens with zero attached hydrogens (tertiary/aromatic N) is 2. The van der Waals surface area contributed by atoms with Gasteiger partial charge in [0.1, 0.15) is 5.82 Å². The van der Waals surface area contributed by atoms with E-state index in [4.69, 9.17) is 4.98 Å². The maximum Gasteiger partial charge on any atom is 0.145 e. The average molecular weight is 629 g/mol. The van der Waals surface area contributed by atoms with Crippen molar-refractivity contribution >= 4 is 48.1 Å². The van der Waals surface area contributed by atoms with Crippen molar-refractivity contribution in [3.63, 3.8) is 0 Å². The lowest BCUT2D eigenvalue weighted by Crippen LogP contribution is -2.09. The molecule has 2 heteroatoms. The van der Waals surface area contributed by atoms with Gasteiger partial charge in [-0.3, -0.25) is 4.57 Å². The molecule has 0 aliphatic carbocycles. The number of aromatic nitrogens is 2. The van der Waals surface area contributed by atoms with Gasteiger partial charge in [-0.2, -0.15) is 0 Å². The molecule has 0 atom stereocenters. The zero-order valence-electron chi connectivity index (χ0n) is 27.4. The van der Waals surface area contributed by atoms with Crippen LogP contribution >= 0.6 is 0 Å². The fourth-order valence-corrected chi connectivity index (χ4v) is 6.42. The van der Waals surface area contributed by atoms with Crippen LogP contribution in [0.25, 0.3) is 87.5 Å². The first-order chi connectivity index (χ1) is 24.0. The molecule has 0 saturated heterocycles. The largest absolute Gasteiger partial charge is 0.292 e. The second-order valence-corrected chi connectivity index (χ2v) is 12.0. The molecule has 2 nitrogen and oxygen atoms in total. The molecule has 0 radical (unpaired) electrons. The van der Waals surface area contributed by atoms with Crippen LogP contribution in [0.15, 0.2) is 170 Å². The predicted molar refractivity (Wildman–Crippen MR) is 211 cm³/mol. The highest BCUT2D eigenvalue weighted by Crippen LogP contribution is 2.33. The van der Waals surface area contributed by atoms with E-state index in [0.29, 0.717) is 0 Å². The highest BCUT2D eigenvalue weighted by atomic mass is 15.1. The third-order valence-corrected chi connectivity index (χ3v) is 8.71. The van der Waals surface area contributed by atoms with E-state index in [1.165, 1.54) is 0 Å². The van der Waals surface area contributed by atoms with Crippen LogP contribution in [0.5, 0.6) is 0 Å². The highest BCUT2D eigenvalue weighted by Gasteiger charge is 2.16. The third-order valence-electron chi connectivity index (χ3n) is 8.71. The summed E-state index contributed by atoms with van der Waals surface area (Å²) in [5.41, 5.74) is 8.14. The molecule has 0 N–H and O–H groups in total. The van der Waals surface area contributed by atoms with E-state index in [1.54, 1.807) is 0 Å². The SMILES string of the molecule is C=c1ccccc(=C)c(-c2c(=C)ccccc(=C)c(-c3cccc(-c4nc5ccccc5n4-c4ccccc4)c3)c3ccccc23)ccc1. The van der Waals surface area contributed by atoms with E-state index in [9.17, 15) is 0 Å². The lowest BCUT2D eigenvalue weighted by atomic mass is 9.93. The molecule has 1 aromatic heterocycles. The lowest BCUT2D eigenvalue weighted by molar-refractivity contribution is 1.10. The monoisotopic (exact) mass is 628 g/mol. The van der Waals surface area contributed by atoms with Crippen LogP contribution in [0, 0.1) is 0 Å². The van der Waals surface area contributed by atoms with Gasteiger partial charge in [0.2, 0.25) is 0 Å². The second kappa shape index (κ2) is 13.7. The first kappa shape index (κ1) is 31.1. The Morgan fingerprint density at radius 2 is 0.980 bits per heavy atom. The smallest absolute Gasteiger partial charge is 0.145 e. The Balaban J connectivity index is 1.56. The van der Waals surface area contributed by atoms with Gasteiger partial charge in [-0.25, -0.2) is 4.98 Å². The Bertz CT molecular complexity index is 2690. The van der Waals surface area contributed by atoms with Crippen LogP contribution in [-0.2, 0) is 0 Å². The summed E-state index contributed by atoms with van der Waals surface area (Å²) >= 11 is 0. The molecule has 234 valence electrons. The van der Waals surface area contributed by atoms with Crippen molar-refractivity contribution in [2.24, 2.45) is 0 Å². The Kier molecular flexibility index (Phi) is 8.69. The van der Waals surface area contributed by atoms with Gasteiger partial charge in [-0.05, 0) is 84.2 Å². The van der Waals surface area contributed by atoms with Crippen molar-refractivity contribution in [2.45, 2.75) is 0 Å². The first-order valence-electron chi connectivity index (χ1n) is 16.3. The van der Waals surface area contributed by atoms with Crippen molar-refractivity contribution in [1.82, 2.24) is 9.55 Å². The van der Waals surface area contributed by atoms with Gasteiger partial charge in [-0.1, -0.05) is 166 Å². The minimum Gasteiger partial charge on any atom is -0.292 e. The van der Waals surface area contributed by atoms with E-state index >= 15 is 0 Å². The molecule has 0 aliphatic heterocycles. The number of hydrogen-bond donors (Lipinski definition) is 0. The zero-order valence-corrected chi connectivity index (χ0v) is 27.4. The quantitative estimate of drug-likeness (QED) is 0.190. The average Bonchev–Trinajstić information content (AvgIpc) is 3.52. The number of rotatable bonds is 4. The molecular formula is C47H36N2. The van der Waals surface area contributed by atoms with Crippen molar-refractivity contribution in [2.75, 3.05) is 0 Å². The van der Waals surface area contributed by atoms with Gasteiger partial charge in [0.15, 0.2) is 0 Å². The van der Waals surface area contributed by atoms with E-state index in [1.807, 2.05) is 60.7 Å². The fourth-order valence-electron chi connectivity index (χ4n) is 6.42. The van der Waals surface area contributed by atoms with E-state index in [2.05, 4.69) is 140 Å². The van der Waals surface area contributed by atoms with Gasteiger partial charge in [0.25, 0.3) is 0 Å². The molecule has 0 saturated carbocycles. The molecule has 7 rings (SSSR count). The number of fused-ring (bicyclic) bond motifs is 2. The van der Waals surface area contributed by atoms with E-state index in [0.717, 1.165) is 82.0 Å². The standard InChI is InChI=1S/C47H36N2/c1-33-18-8-9-20-34(2)40(29-16-19-33)46-36(4)22-11-10-21-35(3)45(41-27-12-13-28-42(41)46)37-23-17-24-38(32-37)47-48-43-30-14-15-31-44(43)49(47)39-25-6-5-7-26-39/h5-32H,1-4H2. The summed E-state index contributed by atoms with van der Waals surface area (Å²) in [6.07, 6.45) is 0. The third kappa shape index (κ3) is 6.28. The molecule has 6 aromatic carbocycles. The Morgan fingerprint density at radius 1 is 0.429 bits per heavy atom. The van der Waals surface area contributed by atoms with Crippen molar-refractivity contribution in [1.29, 1.82) is 0 Å². The van der Waals surface area contributed by atoms with Crippen LogP contribution in [0.4, 0.5) is 0 Å². The number of imidazole rings is 1. The van der Waals surface area contributed by atoms with Crippen LogP contribution in [0.3, 0.4) is 0 Å². The molecule has 0 aliphatic rings. The summed E-state index contributed by atoms with van der Waals surface area (Å²) < 4.78 is 2.23.